The highest BCUT2D eigenvalue weighted by molar-refractivity contribution is 5.28. The zero-order chi connectivity index (χ0) is 19.1. The number of hydrogen-bond donors (Lipinski definition) is 1. The lowest BCUT2D eigenvalue weighted by atomic mass is 10.0. The first-order valence-corrected chi connectivity index (χ1v) is 8.34. The smallest absolute Gasteiger partial charge is 0.310 e. The van der Waals surface area contributed by atoms with Crippen LogP contribution in [0.5, 0.6) is 0 Å². The van der Waals surface area contributed by atoms with Gasteiger partial charge < -0.3 is 4.98 Å². The minimum absolute atomic E-state index is 0.0964. The number of nitrogens with zero attached hydrogens (tertiary/aromatic N) is 2. The molecule has 1 aliphatic rings. The standard InChI is InChI=1S/C18H19F4N3O/c1-10(2)16-23-15-3-4-25(9-14(15)17(26)24-16)8-11-5-12(18(20,21)22)7-13(19)6-11/h5-7,10H,3-4,8-9H2,1-2H3,(H,23,24,26). The van der Waals surface area contributed by atoms with Gasteiger partial charge in [0.25, 0.3) is 5.56 Å². The molecule has 2 aromatic rings. The Morgan fingerprint density at radius 3 is 2.65 bits per heavy atom. The predicted octanol–water partition coefficient (Wildman–Crippen LogP) is 3.61. The van der Waals surface area contributed by atoms with Crippen molar-refractivity contribution in [2.75, 3.05) is 6.54 Å². The molecular formula is C18H19F4N3O. The van der Waals surface area contributed by atoms with Crippen LogP contribution in [0.15, 0.2) is 23.0 Å². The summed E-state index contributed by atoms with van der Waals surface area (Å²) in [6.07, 6.45) is -4.07. The lowest BCUT2D eigenvalue weighted by molar-refractivity contribution is -0.137. The number of aromatic amines is 1. The maximum atomic E-state index is 13.6. The van der Waals surface area contributed by atoms with Gasteiger partial charge in [0.2, 0.25) is 0 Å². The van der Waals surface area contributed by atoms with Crippen molar-refractivity contribution in [2.24, 2.45) is 0 Å². The largest absolute Gasteiger partial charge is 0.416 e. The van der Waals surface area contributed by atoms with Crippen LogP contribution >= 0.6 is 0 Å². The van der Waals surface area contributed by atoms with Crippen molar-refractivity contribution in [3.05, 3.63) is 62.6 Å². The van der Waals surface area contributed by atoms with E-state index in [1.807, 2.05) is 18.7 Å². The molecule has 0 saturated carbocycles. The number of fused-ring (bicyclic) bond motifs is 1. The summed E-state index contributed by atoms with van der Waals surface area (Å²) in [5.41, 5.74) is 0.241. The number of H-pyrrole nitrogens is 1. The van der Waals surface area contributed by atoms with Gasteiger partial charge >= 0.3 is 6.18 Å². The van der Waals surface area contributed by atoms with E-state index >= 15 is 0 Å². The van der Waals surface area contributed by atoms with Gasteiger partial charge in [-0.05, 0) is 23.8 Å². The maximum absolute atomic E-state index is 13.6. The first kappa shape index (κ1) is 18.6. The van der Waals surface area contributed by atoms with Crippen LogP contribution in [-0.2, 0) is 25.7 Å². The molecule has 1 N–H and O–H groups in total. The van der Waals surface area contributed by atoms with Crippen molar-refractivity contribution in [2.45, 2.75) is 45.5 Å². The van der Waals surface area contributed by atoms with Crippen molar-refractivity contribution in [3.8, 4) is 0 Å². The van der Waals surface area contributed by atoms with E-state index in [-0.39, 0.29) is 30.1 Å². The Labute approximate surface area is 147 Å². The first-order valence-electron chi connectivity index (χ1n) is 8.34. The normalized spacial score (nSPS) is 15.3. The number of hydrogen-bond acceptors (Lipinski definition) is 3. The maximum Gasteiger partial charge on any atom is 0.416 e. The van der Waals surface area contributed by atoms with Gasteiger partial charge in [0.15, 0.2) is 0 Å². The molecule has 0 spiro atoms. The topological polar surface area (TPSA) is 49.0 Å². The van der Waals surface area contributed by atoms with E-state index in [0.29, 0.717) is 30.4 Å². The molecule has 0 bridgehead atoms. The third-order valence-corrected chi connectivity index (χ3v) is 4.40. The summed E-state index contributed by atoms with van der Waals surface area (Å²) in [6, 6.07) is 2.52. The Hall–Kier alpha value is -2.22. The molecule has 0 aliphatic carbocycles. The highest BCUT2D eigenvalue weighted by Crippen LogP contribution is 2.31. The Balaban J connectivity index is 1.82. The van der Waals surface area contributed by atoms with Gasteiger partial charge in [0.1, 0.15) is 11.6 Å². The monoisotopic (exact) mass is 369 g/mol. The predicted molar refractivity (Wildman–Crippen MR) is 88.2 cm³/mol. The van der Waals surface area contributed by atoms with E-state index in [4.69, 9.17) is 0 Å². The molecule has 1 aliphatic heterocycles. The molecule has 26 heavy (non-hydrogen) atoms. The van der Waals surface area contributed by atoms with Crippen LogP contribution < -0.4 is 5.56 Å². The van der Waals surface area contributed by atoms with Crippen molar-refractivity contribution >= 4 is 0 Å². The zero-order valence-electron chi connectivity index (χ0n) is 14.5. The van der Waals surface area contributed by atoms with E-state index in [2.05, 4.69) is 9.97 Å². The quantitative estimate of drug-likeness (QED) is 0.841. The zero-order valence-corrected chi connectivity index (χ0v) is 14.5. The average molecular weight is 369 g/mol. The molecule has 140 valence electrons. The molecule has 3 rings (SSSR count). The molecule has 0 radical (unpaired) electrons. The third-order valence-electron chi connectivity index (χ3n) is 4.40. The van der Waals surface area contributed by atoms with E-state index in [1.165, 1.54) is 0 Å². The number of benzene rings is 1. The van der Waals surface area contributed by atoms with E-state index in [1.54, 1.807) is 0 Å². The average Bonchev–Trinajstić information content (AvgIpc) is 2.53. The van der Waals surface area contributed by atoms with Gasteiger partial charge in [-0.25, -0.2) is 9.37 Å². The Morgan fingerprint density at radius 2 is 2.00 bits per heavy atom. The van der Waals surface area contributed by atoms with Crippen LogP contribution in [-0.4, -0.2) is 21.4 Å². The summed E-state index contributed by atoms with van der Waals surface area (Å²) in [5, 5.41) is 0. The molecule has 1 aromatic carbocycles. The fourth-order valence-corrected chi connectivity index (χ4v) is 3.07. The lowest BCUT2D eigenvalue weighted by Gasteiger charge is -2.28. The fourth-order valence-electron chi connectivity index (χ4n) is 3.07. The van der Waals surface area contributed by atoms with Gasteiger partial charge in [-0.2, -0.15) is 13.2 Å². The number of nitrogens with one attached hydrogen (secondary N) is 1. The molecule has 8 heteroatoms. The SMILES string of the molecule is CC(C)c1nc2c(c(=O)[nH]1)CN(Cc1cc(F)cc(C(F)(F)F)c1)CC2. The lowest BCUT2D eigenvalue weighted by Crippen LogP contribution is -2.36. The summed E-state index contributed by atoms with van der Waals surface area (Å²) in [4.78, 5) is 21.4. The summed E-state index contributed by atoms with van der Waals surface area (Å²) in [5.74, 6) is -0.199. The van der Waals surface area contributed by atoms with E-state index < -0.39 is 17.6 Å². The van der Waals surface area contributed by atoms with Crippen LogP contribution in [0.4, 0.5) is 17.6 Å². The number of halogens is 4. The second-order valence-corrected chi connectivity index (χ2v) is 6.84. The molecule has 1 aromatic heterocycles. The summed E-state index contributed by atoms with van der Waals surface area (Å²) in [6.45, 7) is 4.81. The third kappa shape index (κ3) is 3.95. The van der Waals surface area contributed by atoms with Crippen molar-refractivity contribution < 1.29 is 17.6 Å². The number of alkyl halides is 3. The Kier molecular flexibility index (Phi) is 4.88. The molecule has 2 heterocycles. The summed E-state index contributed by atoms with van der Waals surface area (Å²) < 4.78 is 52.1. The van der Waals surface area contributed by atoms with Crippen LogP contribution in [0.1, 0.15) is 48.0 Å². The molecule has 0 amide bonds. The summed E-state index contributed by atoms with van der Waals surface area (Å²) in [7, 11) is 0. The Morgan fingerprint density at radius 1 is 1.27 bits per heavy atom. The molecule has 0 fully saturated rings. The van der Waals surface area contributed by atoms with Crippen LogP contribution in [0.3, 0.4) is 0 Å². The molecular weight excluding hydrogens is 350 g/mol. The molecule has 0 saturated heterocycles. The number of aromatic nitrogens is 2. The number of rotatable bonds is 3. The van der Waals surface area contributed by atoms with E-state index in [0.717, 1.165) is 17.8 Å². The summed E-state index contributed by atoms with van der Waals surface area (Å²) >= 11 is 0. The van der Waals surface area contributed by atoms with Crippen LogP contribution in [0.25, 0.3) is 0 Å². The highest BCUT2D eigenvalue weighted by atomic mass is 19.4. The van der Waals surface area contributed by atoms with Gasteiger partial charge in [0.05, 0.1) is 16.8 Å². The van der Waals surface area contributed by atoms with Crippen LogP contribution in [0.2, 0.25) is 0 Å². The van der Waals surface area contributed by atoms with Crippen LogP contribution in [0, 0.1) is 5.82 Å². The Bertz CT molecular complexity index is 874. The van der Waals surface area contributed by atoms with Crippen molar-refractivity contribution in [1.29, 1.82) is 0 Å². The molecule has 0 atom stereocenters. The van der Waals surface area contributed by atoms with Crippen molar-refractivity contribution in [1.82, 2.24) is 14.9 Å². The van der Waals surface area contributed by atoms with Gasteiger partial charge in [-0.1, -0.05) is 13.8 Å². The van der Waals surface area contributed by atoms with Gasteiger partial charge in [-0.15, -0.1) is 0 Å². The first-order chi connectivity index (χ1) is 12.1. The van der Waals surface area contributed by atoms with Gasteiger partial charge in [0, 0.05) is 32.0 Å². The minimum Gasteiger partial charge on any atom is -0.310 e. The molecule has 0 unspecified atom stereocenters. The minimum atomic E-state index is -4.60. The van der Waals surface area contributed by atoms with E-state index in [9.17, 15) is 22.4 Å². The highest BCUT2D eigenvalue weighted by Gasteiger charge is 2.31. The van der Waals surface area contributed by atoms with Gasteiger partial charge in [-0.3, -0.25) is 9.69 Å². The second kappa shape index (κ2) is 6.83. The fraction of sp³-hybridized carbons (Fsp3) is 0.444. The molecule has 4 nitrogen and oxygen atoms in total. The van der Waals surface area contributed by atoms with Crippen molar-refractivity contribution in [3.63, 3.8) is 0 Å². The second-order valence-electron chi connectivity index (χ2n) is 6.84.